The summed E-state index contributed by atoms with van der Waals surface area (Å²) in [6.07, 6.45) is 3.01. The summed E-state index contributed by atoms with van der Waals surface area (Å²) in [5, 5.41) is 9.06. The maximum absolute atomic E-state index is 12.1. The number of nitrogens with zero attached hydrogens (tertiary/aromatic N) is 1. The molecule has 3 amide bonds. The molecular formula is C28H41ClIrN5O4S2. The Bertz CT molecular complexity index is 1190. The van der Waals surface area contributed by atoms with Crippen LogP contribution in [0.15, 0.2) is 29.2 Å². The van der Waals surface area contributed by atoms with Gasteiger partial charge in [-0.2, -0.15) is 39.6 Å². The number of nitrogens with one attached hydrogen (secondary N) is 3. The Labute approximate surface area is 263 Å². The van der Waals surface area contributed by atoms with Crippen molar-refractivity contribution in [1.29, 1.82) is 0 Å². The van der Waals surface area contributed by atoms with Gasteiger partial charge in [0, 0.05) is 28.0 Å². The molecule has 2 fully saturated rings. The van der Waals surface area contributed by atoms with Gasteiger partial charge in [-0.15, -0.1) is 6.54 Å². The molecule has 0 spiro atoms. The predicted octanol–water partition coefficient (Wildman–Crippen LogP) is 5.01. The Morgan fingerprint density at radius 2 is 1.73 bits per heavy atom. The first-order chi connectivity index (χ1) is 19.4. The van der Waals surface area contributed by atoms with E-state index >= 15 is 0 Å². The fraction of sp³-hybridized carbons (Fsp3) is 0.536. The zero-order chi connectivity index (χ0) is 30.7. The average Bonchev–Trinajstić information content (AvgIpc) is 3.57. The topological polar surface area (TPSA) is 144 Å². The molecule has 0 bridgehead atoms. The second-order valence-corrected chi connectivity index (χ2v) is 13.1. The number of fused-ring (bicyclic) bond motifs is 1. The zero-order valence-electron chi connectivity index (χ0n) is 24.2. The summed E-state index contributed by atoms with van der Waals surface area (Å²) in [6, 6.07) is 6.26. The van der Waals surface area contributed by atoms with Gasteiger partial charge in [0.1, 0.15) is 10.0 Å². The molecule has 2 aliphatic heterocycles. The van der Waals surface area contributed by atoms with E-state index in [9.17, 15) is 18.0 Å². The van der Waals surface area contributed by atoms with E-state index in [1.807, 2.05) is 11.8 Å². The van der Waals surface area contributed by atoms with Crippen molar-refractivity contribution in [3.8, 4) is 0 Å². The van der Waals surface area contributed by atoms with Gasteiger partial charge >= 0.3 is 33.5 Å². The molecule has 0 saturated carbocycles. The minimum atomic E-state index is -3.70. The Kier molecular flexibility index (Phi) is 14.7. The molecule has 2 heterocycles. The van der Waals surface area contributed by atoms with Crippen LogP contribution in [-0.4, -0.2) is 56.5 Å². The molecule has 4 rings (SSSR count). The Hall–Kier alpha value is -1.53. The van der Waals surface area contributed by atoms with E-state index in [1.54, 1.807) is 12.1 Å². The number of rotatable bonds is 10. The number of carbonyl (C=O) groups excluding carboxylic acids is 2. The van der Waals surface area contributed by atoms with Crippen molar-refractivity contribution < 1.29 is 35.9 Å². The van der Waals surface area contributed by atoms with Crippen LogP contribution in [0.3, 0.4) is 0 Å². The first-order valence-corrected chi connectivity index (χ1v) is 18.9. The van der Waals surface area contributed by atoms with E-state index in [2.05, 4.69) is 64.9 Å². The fourth-order valence-electron chi connectivity index (χ4n) is 4.86. The van der Waals surface area contributed by atoms with Crippen molar-refractivity contribution in [3.05, 3.63) is 56.8 Å². The molecule has 0 aliphatic carbocycles. The molecule has 0 unspecified atom stereocenters. The van der Waals surface area contributed by atoms with Crippen LogP contribution in [0.5, 0.6) is 0 Å². The number of thioether (sulfide) groups is 1. The zero-order valence-corrected chi connectivity index (χ0v) is 29.0. The number of urea groups is 1. The van der Waals surface area contributed by atoms with Gasteiger partial charge in [-0.05, 0) is 43.7 Å². The number of anilines is 1. The van der Waals surface area contributed by atoms with Crippen LogP contribution >= 0.6 is 21.3 Å². The number of unbranched alkanes of at least 4 members (excludes halogenated alkanes) is 1. The third-order valence-electron chi connectivity index (χ3n) is 7.72. The van der Waals surface area contributed by atoms with Gasteiger partial charge in [0.25, 0.3) is 0 Å². The van der Waals surface area contributed by atoms with Crippen LogP contribution < -0.4 is 21.7 Å². The van der Waals surface area contributed by atoms with Crippen LogP contribution in [-0.2, 0) is 32.7 Å². The molecule has 230 valence electrons. The Morgan fingerprint density at radius 1 is 1.12 bits per heavy atom. The van der Waals surface area contributed by atoms with Crippen LogP contribution in [0.25, 0.3) is 4.72 Å². The minimum absolute atomic E-state index is 0.0461. The summed E-state index contributed by atoms with van der Waals surface area (Å²) in [6.45, 7) is 11.2. The van der Waals surface area contributed by atoms with Crippen molar-refractivity contribution in [3.63, 3.8) is 0 Å². The molecule has 9 nitrogen and oxygen atoms in total. The molecule has 41 heavy (non-hydrogen) atoms. The summed E-state index contributed by atoms with van der Waals surface area (Å²) >= 11 is 3.34. The number of amides is 3. The van der Waals surface area contributed by atoms with Gasteiger partial charge in [0.15, 0.2) is 0 Å². The van der Waals surface area contributed by atoms with E-state index in [0.29, 0.717) is 17.4 Å². The van der Waals surface area contributed by atoms with Gasteiger partial charge in [-0.25, -0.2) is 13.2 Å². The summed E-state index contributed by atoms with van der Waals surface area (Å²) in [5.74, 6) is 0.820. The molecular weight excluding hydrogens is 762 g/mol. The second-order valence-electron chi connectivity index (χ2n) is 10.2. The molecule has 3 atom stereocenters. The molecule has 13 heteroatoms. The first kappa shape index (κ1) is 35.7. The third-order valence-corrected chi connectivity index (χ3v) is 10.6. The standard InChI is InChI=1S/C18H26N5O4S2.C10H15.ClH.Ir/c19-9-10-20-29(26,27)13-7-5-12(6-8-13)21-16(24)4-2-1-3-15-17-14(11-28-15)22-18(25)23-17;1-6-7(2)9(4)10(5)8(6)3;;/h5-8,14-15,17H,1-4,9-11,19H2,(H,21,24)(H2,22,23,25);1-5H3;1H;/q2*-1;;+3/p-1/t14-,15-,17-;;;/m0.../s1. The predicted molar refractivity (Wildman–Crippen MR) is 165 cm³/mol. The number of halogens is 1. The van der Waals surface area contributed by atoms with Crippen LogP contribution in [0.2, 0.25) is 0 Å². The van der Waals surface area contributed by atoms with Crippen molar-refractivity contribution in [2.24, 2.45) is 5.73 Å². The SMILES string of the molecule is Cc1c(C)c(C)[c-](C)c1C.NCC[N-]S(=O)(=O)c1ccc(NC(=O)CCCC[C@@H]2SC[C@@H]3NC(=O)N[C@@H]32)cc1.[Cl][Ir+2]. The summed E-state index contributed by atoms with van der Waals surface area (Å²) in [7, 11) is 0.935. The Balaban J connectivity index is 0.000000410. The number of sulfonamides is 1. The van der Waals surface area contributed by atoms with Crippen molar-refractivity contribution in [1.82, 2.24) is 10.6 Å². The fourth-order valence-corrected chi connectivity index (χ4v) is 7.38. The number of hydrogen-bond acceptors (Lipinski definition) is 6. The van der Waals surface area contributed by atoms with Crippen molar-refractivity contribution >= 4 is 49.0 Å². The van der Waals surface area contributed by atoms with Gasteiger partial charge in [0.2, 0.25) is 5.91 Å². The van der Waals surface area contributed by atoms with E-state index in [1.165, 1.54) is 57.8 Å². The van der Waals surface area contributed by atoms with Gasteiger partial charge in [-0.1, -0.05) is 41.0 Å². The van der Waals surface area contributed by atoms with E-state index < -0.39 is 10.0 Å². The van der Waals surface area contributed by atoms with E-state index in [-0.39, 0.29) is 42.0 Å². The number of hydrogen-bond donors (Lipinski definition) is 4. The van der Waals surface area contributed by atoms with Crippen LogP contribution in [0.1, 0.15) is 53.5 Å². The summed E-state index contributed by atoms with van der Waals surface area (Å²) in [5.41, 5.74) is 13.2. The normalized spacial score (nSPS) is 19.2. The third kappa shape index (κ3) is 10.0. The van der Waals surface area contributed by atoms with Crippen LogP contribution in [0.4, 0.5) is 10.5 Å². The Morgan fingerprint density at radius 3 is 2.27 bits per heavy atom. The molecule has 0 radical (unpaired) electrons. The van der Waals surface area contributed by atoms with Crippen LogP contribution in [0, 0.1) is 34.6 Å². The van der Waals surface area contributed by atoms with E-state index in [4.69, 9.17) is 5.73 Å². The molecule has 2 aliphatic rings. The molecule has 0 aromatic heterocycles. The number of nitrogens with two attached hydrogens (primary N) is 1. The molecule has 2 aromatic rings. The quantitative estimate of drug-likeness (QED) is 0.151. The molecule has 2 saturated heterocycles. The van der Waals surface area contributed by atoms with Gasteiger partial charge in [-0.3, -0.25) is 4.79 Å². The molecule has 5 N–H and O–H groups in total. The summed E-state index contributed by atoms with van der Waals surface area (Å²) < 4.78 is 27.5. The summed E-state index contributed by atoms with van der Waals surface area (Å²) in [4.78, 5) is 23.6. The van der Waals surface area contributed by atoms with E-state index in [0.717, 1.165) is 25.0 Å². The number of carbonyl (C=O) groups is 2. The molecule has 2 aromatic carbocycles. The first-order valence-electron chi connectivity index (χ1n) is 13.5. The van der Waals surface area contributed by atoms with Gasteiger partial charge < -0.3 is 26.4 Å². The van der Waals surface area contributed by atoms with Gasteiger partial charge in [0.05, 0.1) is 12.1 Å². The van der Waals surface area contributed by atoms with Crippen molar-refractivity contribution in [2.75, 3.05) is 24.2 Å². The number of benzene rings is 1. The maximum atomic E-state index is 12.1. The average molecular weight is 803 g/mol. The van der Waals surface area contributed by atoms with Crippen molar-refractivity contribution in [2.45, 2.75) is 82.5 Å². The second kappa shape index (κ2) is 16.9. The monoisotopic (exact) mass is 803 g/mol.